The third-order valence-corrected chi connectivity index (χ3v) is 3.29. The van der Waals surface area contributed by atoms with Crippen molar-refractivity contribution < 1.29 is 0 Å². The van der Waals surface area contributed by atoms with Gasteiger partial charge in [-0.2, -0.15) is 0 Å². The number of hydrogen-bond donors (Lipinski definition) is 1. The van der Waals surface area contributed by atoms with Gasteiger partial charge in [-0.1, -0.05) is 0 Å². The van der Waals surface area contributed by atoms with E-state index in [-0.39, 0.29) is 0 Å². The number of likely N-dealkylation sites (N-methyl/N-ethyl adjacent to an activating group) is 1. The van der Waals surface area contributed by atoms with E-state index < -0.39 is 0 Å². The van der Waals surface area contributed by atoms with Crippen LogP contribution in [0.4, 0.5) is 0 Å². The van der Waals surface area contributed by atoms with Gasteiger partial charge in [-0.15, -0.1) is 0 Å². The highest BCUT2D eigenvalue weighted by Gasteiger charge is 2.20. The molecule has 0 saturated carbocycles. The molecule has 0 bridgehead atoms. The summed E-state index contributed by atoms with van der Waals surface area (Å²) in [7, 11) is 2.01. The van der Waals surface area contributed by atoms with Crippen LogP contribution in [-0.4, -0.2) is 23.1 Å². The first-order valence-electron chi connectivity index (χ1n) is 5.95. The van der Waals surface area contributed by atoms with E-state index in [4.69, 9.17) is 0 Å². The molecule has 1 aromatic rings. The van der Waals surface area contributed by atoms with Crippen LogP contribution in [0.1, 0.15) is 43.0 Å². The van der Waals surface area contributed by atoms with Gasteiger partial charge in [0, 0.05) is 18.3 Å². The zero-order valence-corrected chi connectivity index (χ0v) is 10.0. The Balaban J connectivity index is 2.32. The van der Waals surface area contributed by atoms with E-state index in [1.165, 1.54) is 42.9 Å². The number of imidazole rings is 1. The Hall–Kier alpha value is -0.830. The van der Waals surface area contributed by atoms with Crippen LogP contribution in [0.3, 0.4) is 0 Å². The molecule has 0 spiro atoms. The average molecular weight is 207 g/mol. The number of rotatable bonds is 3. The number of nitrogens with zero attached hydrogens (tertiary/aromatic N) is 2. The third-order valence-electron chi connectivity index (χ3n) is 3.29. The molecule has 0 saturated heterocycles. The lowest BCUT2D eigenvalue weighted by Crippen LogP contribution is -2.23. The fraction of sp³-hybridized carbons (Fsp3) is 0.750. The van der Waals surface area contributed by atoms with Crippen molar-refractivity contribution in [1.82, 2.24) is 14.9 Å². The summed E-state index contributed by atoms with van der Waals surface area (Å²) in [6, 6.07) is 0.518. The van der Waals surface area contributed by atoms with Crippen molar-refractivity contribution in [3.8, 4) is 0 Å². The van der Waals surface area contributed by atoms with Crippen LogP contribution in [0.2, 0.25) is 0 Å². The van der Waals surface area contributed by atoms with Crippen molar-refractivity contribution in [3.05, 3.63) is 17.2 Å². The second-order valence-corrected chi connectivity index (χ2v) is 4.54. The van der Waals surface area contributed by atoms with Gasteiger partial charge < -0.3 is 9.88 Å². The van der Waals surface area contributed by atoms with E-state index in [0.29, 0.717) is 6.04 Å². The summed E-state index contributed by atoms with van der Waals surface area (Å²) in [4.78, 5) is 4.69. The molecule has 15 heavy (non-hydrogen) atoms. The lowest BCUT2D eigenvalue weighted by atomic mass is 10.0. The monoisotopic (exact) mass is 207 g/mol. The Morgan fingerprint density at radius 1 is 1.40 bits per heavy atom. The zero-order valence-electron chi connectivity index (χ0n) is 10.0. The fourth-order valence-corrected chi connectivity index (χ4v) is 2.67. The van der Waals surface area contributed by atoms with Gasteiger partial charge in [0.05, 0.1) is 5.69 Å². The van der Waals surface area contributed by atoms with E-state index in [2.05, 4.69) is 28.7 Å². The first-order valence-corrected chi connectivity index (χ1v) is 5.95. The van der Waals surface area contributed by atoms with Crippen molar-refractivity contribution in [2.24, 2.45) is 0 Å². The van der Waals surface area contributed by atoms with Crippen LogP contribution in [0, 0.1) is 6.92 Å². The topological polar surface area (TPSA) is 29.9 Å². The highest BCUT2D eigenvalue weighted by Crippen LogP contribution is 2.24. The molecule has 1 aliphatic rings. The molecule has 84 valence electrons. The maximum absolute atomic E-state index is 4.69. The van der Waals surface area contributed by atoms with Crippen molar-refractivity contribution in [2.45, 2.75) is 45.6 Å². The van der Waals surface area contributed by atoms with Crippen LogP contribution in [0.25, 0.3) is 0 Å². The molecule has 3 nitrogen and oxygen atoms in total. The second-order valence-electron chi connectivity index (χ2n) is 4.54. The van der Waals surface area contributed by atoms with Gasteiger partial charge in [0.1, 0.15) is 5.82 Å². The number of aryl methyl sites for hydroxylation is 2. The first-order chi connectivity index (χ1) is 7.24. The second kappa shape index (κ2) is 4.35. The quantitative estimate of drug-likeness (QED) is 0.819. The smallest absolute Gasteiger partial charge is 0.106 e. The highest BCUT2D eigenvalue weighted by molar-refractivity contribution is 5.20. The molecule has 1 aliphatic carbocycles. The molecule has 3 heteroatoms. The lowest BCUT2D eigenvalue weighted by molar-refractivity contribution is 0.482. The number of hydrogen-bond acceptors (Lipinski definition) is 2. The van der Waals surface area contributed by atoms with Gasteiger partial charge in [0.2, 0.25) is 0 Å². The Labute approximate surface area is 91.9 Å². The Morgan fingerprint density at radius 3 is 2.87 bits per heavy atom. The van der Waals surface area contributed by atoms with E-state index in [9.17, 15) is 0 Å². The van der Waals surface area contributed by atoms with Crippen LogP contribution in [0.5, 0.6) is 0 Å². The number of nitrogens with one attached hydrogen (secondary N) is 1. The van der Waals surface area contributed by atoms with Crippen LogP contribution in [0.15, 0.2) is 0 Å². The van der Waals surface area contributed by atoms with Crippen LogP contribution >= 0.6 is 0 Å². The van der Waals surface area contributed by atoms with E-state index >= 15 is 0 Å². The zero-order chi connectivity index (χ0) is 10.8. The van der Waals surface area contributed by atoms with Crippen molar-refractivity contribution in [2.75, 3.05) is 13.6 Å². The molecule has 1 unspecified atom stereocenters. The molecule has 1 atom stereocenters. The largest absolute Gasteiger partial charge is 0.328 e. The molecular weight excluding hydrogens is 186 g/mol. The summed E-state index contributed by atoms with van der Waals surface area (Å²) in [5, 5.41) is 3.24. The maximum atomic E-state index is 4.69. The molecule has 2 rings (SSSR count). The van der Waals surface area contributed by atoms with Gasteiger partial charge in [0.25, 0.3) is 0 Å². The Bertz CT molecular complexity index is 341. The first kappa shape index (κ1) is 10.7. The predicted molar refractivity (Wildman–Crippen MR) is 62.2 cm³/mol. The standard InChI is InChI=1S/C12H21N3/c1-9(8-13-3)15-10(2)14-11-6-4-5-7-12(11)15/h9,13H,4-8H2,1-3H3. The molecular formula is C12H21N3. The molecule has 0 radical (unpaired) electrons. The average Bonchev–Trinajstić information content (AvgIpc) is 2.54. The van der Waals surface area contributed by atoms with Crippen molar-refractivity contribution in [3.63, 3.8) is 0 Å². The van der Waals surface area contributed by atoms with Crippen LogP contribution in [-0.2, 0) is 12.8 Å². The van der Waals surface area contributed by atoms with Gasteiger partial charge in [-0.25, -0.2) is 4.98 Å². The summed E-state index contributed by atoms with van der Waals surface area (Å²) in [5.74, 6) is 1.18. The molecule has 0 aliphatic heterocycles. The minimum Gasteiger partial charge on any atom is -0.328 e. The van der Waals surface area contributed by atoms with Crippen LogP contribution < -0.4 is 5.32 Å². The molecule has 1 aromatic heterocycles. The van der Waals surface area contributed by atoms with E-state index in [0.717, 1.165) is 6.54 Å². The Kier molecular flexibility index (Phi) is 3.10. The third kappa shape index (κ3) is 1.93. The summed E-state index contributed by atoms with van der Waals surface area (Å²) in [5.41, 5.74) is 2.84. The van der Waals surface area contributed by atoms with Gasteiger partial charge in [-0.05, 0) is 46.6 Å². The molecule has 1 heterocycles. The SMILES string of the molecule is CNCC(C)n1c(C)nc2c1CCCC2. The predicted octanol–water partition coefficient (Wildman–Crippen LogP) is 1.85. The van der Waals surface area contributed by atoms with E-state index in [1.54, 1.807) is 0 Å². The fourth-order valence-electron chi connectivity index (χ4n) is 2.67. The molecule has 0 amide bonds. The van der Waals surface area contributed by atoms with Gasteiger partial charge >= 0.3 is 0 Å². The number of aromatic nitrogens is 2. The lowest BCUT2D eigenvalue weighted by Gasteiger charge is -2.20. The Morgan fingerprint density at radius 2 is 2.13 bits per heavy atom. The van der Waals surface area contributed by atoms with Crippen molar-refractivity contribution >= 4 is 0 Å². The van der Waals surface area contributed by atoms with Gasteiger partial charge in [-0.3, -0.25) is 0 Å². The van der Waals surface area contributed by atoms with Crippen molar-refractivity contribution in [1.29, 1.82) is 0 Å². The summed E-state index contributed by atoms with van der Waals surface area (Å²) in [6.07, 6.45) is 5.02. The highest BCUT2D eigenvalue weighted by atomic mass is 15.1. The molecule has 0 aromatic carbocycles. The molecule has 1 N–H and O–H groups in total. The number of fused-ring (bicyclic) bond motifs is 1. The summed E-state index contributed by atoms with van der Waals surface area (Å²) < 4.78 is 2.42. The summed E-state index contributed by atoms with van der Waals surface area (Å²) in [6.45, 7) is 5.41. The summed E-state index contributed by atoms with van der Waals surface area (Å²) >= 11 is 0. The molecule has 0 fully saturated rings. The maximum Gasteiger partial charge on any atom is 0.106 e. The normalized spacial score (nSPS) is 17.5. The van der Waals surface area contributed by atoms with Gasteiger partial charge in [0.15, 0.2) is 0 Å². The minimum absolute atomic E-state index is 0.518. The van der Waals surface area contributed by atoms with E-state index in [1.807, 2.05) is 7.05 Å². The minimum atomic E-state index is 0.518.